The molecule has 0 heterocycles. The average Bonchev–Trinajstić information content (AvgIpc) is 2.50. The molecule has 0 aromatic heterocycles. The first-order valence-electron chi connectivity index (χ1n) is 7.72. The van der Waals surface area contributed by atoms with E-state index < -0.39 is 0 Å². The third kappa shape index (κ3) is 5.93. The predicted molar refractivity (Wildman–Crippen MR) is 88.4 cm³/mol. The van der Waals surface area contributed by atoms with Crippen molar-refractivity contribution in [2.75, 3.05) is 27.3 Å². The van der Waals surface area contributed by atoms with Crippen LogP contribution in [0, 0.1) is 5.92 Å². The van der Waals surface area contributed by atoms with Crippen LogP contribution in [0.15, 0.2) is 18.2 Å². The van der Waals surface area contributed by atoms with Gasteiger partial charge in [0.1, 0.15) is 0 Å². The zero-order valence-corrected chi connectivity index (χ0v) is 14.2. The highest BCUT2D eigenvalue weighted by atomic mass is 16.5. The lowest BCUT2D eigenvalue weighted by Gasteiger charge is -2.17. The summed E-state index contributed by atoms with van der Waals surface area (Å²) in [5, 5.41) is 5.94. The first-order valence-corrected chi connectivity index (χ1v) is 7.72. The second-order valence-corrected chi connectivity index (χ2v) is 5.76. The summed E-state index contributed by atoms with van der Waals surface area (Å²) in [7, 11) is 3.45. The first kappa shape index (κ1) is 18.3. The summed E-state index contributed by atoms with van der Waals surface area (Å²) in [4.78, 5) is 11.8. The van der Waals surface area contributed by atoms with E-state index >= 15 is 0 Å². The zero-order valence-electron chi connectivity index (χ0n) is 14.2. The largest absolute Gasteiger partial charge is 0.493 e. The number of nitrogens with one attached hydrogen (secondary N) is 2. The molecule has 5 heteroatoms. The van der Waals surface area contributed by atoms with Gasteiger partial charge in [0.25, 0.3) is 0 Å². The molecule has 1 aromatic rings. The molecule has 0 saturated heterocycles. The number of rotatable bonds is 9. The second-order valence-electron chi connectivity index (χ2n) is 5.76. The fourth-order valence-electron chi connectivity index (χ4n) is 1.96. The van der Waals surface area contributed by atoms with Crippen LogP contribution >= 0.6 is 0 Å². The Morgan fingerprint density at radius 2 is 1.95 bits per heavy atom. The number of amides is 1. The Bertz CT molecular complexity index is 475. The highest BCUT2D eigenvalue weighted by molar-refractivity contribution is 5.76. The normalized spacial score (nSPS) is 12.1. The van der Waals surface area contributed by atoms with Gasteiger partial charge in [0.15, 0.2) is 11.5 Å². The molecule has 2 N–H and O–H groups in total. The van der Waals surface area contributed by atoms with E-state index in [2.05, 4.69) is 24.5 Å². The Morgan fingerprint density at radius 1 is 1.23 bits per heavy atom. The van der Waals surface area contributed by atoms with Gasteiger partial charge in [-0.15, -0.1) is 0 Å². The Morgan fingerprint density at radius 3 is 2.55 bits per heavy atom. The van der Waals surface area contributed by atoms with Crippen LogP contribution in [0.25, 0.3) is 0 Å². The van der Waals surface area contributed by atoms with Crippen molar-refractivity contribution in [2.45, 2.75) is 33.2 Å². The van der Waals surface area contributed by atoms with Crippen LogP contribution in [0.5, 0.6) is 11.5 Å². The Balaban J connectivity index is 2.72. The number of ether oxygens (including phenoxy) is 2. The summed E-state index contributed by atoms with van der Waals surface area (Å²) >= 11 is 0. The van der Waals surface area contributed by atoms with Crippen LogP contribution in [0.3, 0.4) is 0 Å². The van der Waals surface area contributed by atoms with E-state index in [1.165, 1.54) is 0 Å². The molecule has 0 fully saturated rings. The van der Waals surface area contributed by atoms with Crippen molar-refractivity contribution in [3.63, 3.8) is 0 Å². The summed E-state index contributed by atoms with van der Waals surface area (Å²) in [6.45, 7) is 7.48. The van der Waals surface area contributed by atoms with Crippen molar-refractivity contribution >= 4 is 5.91 Å². The van der Waals surface area contributed by atoms with Crippen LogP contribution in [-0.4, -0.2) is 33.2 Å². The van der Waals surface area contributed by atoms with Gasteiger partial charge in [-0.25, -0.2) is 0 Å². The van der Waals surface area contributed by atoms with E-state index in [-0.39, 0.29) is 11.9 Å². The number of benzene rings is 1. The van der Waals surface area contributed by atoms with E-state index in [1.54, 1.807) is 7.11 Å². The molecule has 0 aliphatic rings. The monoisotopic (exact) mass is 308 g/mol. The summed E-state index contributed by atoms with van der Waals surface area (Å²) in [5.41, 5.74) is 0.992. The van der Waals surface area contributed by atoms with Gasteiger partial charge >= 0.3 is 0 Å². The summed E-state index contributed by atoms with van der Waals surface area (Å²) in [5.74, 6) is 1.90. The second kappa shape index (κ2) is 9.30. The minimum absolute atomic E-state index is 0.0287. The van der Waals surface area contributed by atoms with Crippen LogP contribution in [0.4, 0.5) is 0 Å². The maximum atomic E-state index is 11.8. The molecule has 1 amide bonds. The van der Waals surface area contributed by atoms with Gasteiger partial charge in [0.2, 0.25) is 5.91 Å². The molecular formula is C17H28N2O3. The molecule has 0 bridgehead atoms. The number of methoxy groups -OCH3 is 1. The fourth-order valence-corrected chi connectivity index (χ4v) is 1.96. The number of carbonyl (C=O) groups excluding carboxylic acids is 1. The number of hydrogen-bond donors (Lipinski definition) is 2. The average molecular weight is 308 g/mol. The van der Waals surface area contributed by atoms with Crippen molar-refractivity contribution in [2.24, 2.45) is 5.92 Å². The molecule has 124 valence electrons. The van der Waals surface area contributed by atoms with Crippen LogP contribution < -0.4 is 20.1 Å². The lowest BCUT2D eigenvalue weighted by Crippen LogP contribution is -2.29. The van der Waals surface area contributed by atoms with Gasteiger partial charge in [0.05, 0.1) is 19.8 Å². The van der Waals surface area contributed by atoms with Crippen molar-refractivity contribution in [3.05, 3.63) is 23.8 Å². The van der Waals surface area contributed by atoms with Gasteiger partial charge in [0, 0.05) is 13.0 Å². The molecule has 0 radical (unpaired) electrons. The molecule has 1 atom stereocenters. The lowest BCUT2D eigenvalue weighted by molar-refractivity contribution is -0.121. The summed E-state index contributed by atoms with van der Waals surface area (Å²) < 4.78 is 11.1. The molecule has 0 aliphatic heterocycles. The van der Waals surface area contributed by atoms with Crippen LogP contribution in [0.1, 0.15) is 38.8 Å². The van der Waals surface area contributed by atoms with E-state index in [0.717, 1.165) is 11.3 Å². The highest BCUT2D eigenvalue weighted by Crippen LogP contribution is 2.30. The summed E-state index contributed by atoms with van der Waals surface area (Å²) in [6.07, 6.45) is 0.466. The Hall–Kier alpha value is -1.75. The van der Waals surface area contributed by atoms with Crippen molar-refractivity contribution in [1.29, 1.82) is 0 Å². The Kier molecular flexibility index (Phi) is 7.74. The van der Waals surface area contributed by atoms with E-state index in [4.69, 9.17) is 9.47 Å². The van der Waals surface area contributed by atoms with Gasteiger partial charge in [-0.1, -0.05) is 19.9 Å². The summed E-state index contributed by atoms with van der Waals surface area (Å²) in [6, 6.07) is 5.70. The van der Waals surface area contributed by atoms with Gasteiger partial charge in [-0.2, -0.15) is 0 Å². The molecule has 0 saturated carbocycles. The van der Waals surface area contributed by atoms with Crippen LogP contribution in [0.2, 0.25) is 0 Å². The maximum Gasteiger partial charge on any atom is 0.221 e. The van der Waals surface area contributed by atoms with Crippen LogP contribution in [-0.2, 0) is 4.79 Å². The fraction of sp³-hybridized carbons (Fsp3) is 0.588. The molecule has 0 aliphatic carbocycles. The zero-order chi connectivity index (χ0) is 16.5. The molecular weight excluding hydrogens is 280 g/mol. The first-order chi connectivity index (χ1) is 10.5. The third-order valence-corrected chi connectivity index (χ3v) is 3.24. The van der Waals surface area contributed by atoms with E-state index in [1.807, 2.05) is 32.2 Å². The predicted octanol–water partition coefficient (Wildman–Crippen LogP) is 2.52. The minimum atomic E-state index is -0.0718. The highest BCUT2D eigenvalue weighted by Gasteiger charge is 2.13. The number of hydrogen-bond acceptors (Lipinski definition) is 4. The molecule has 5 nitrogen and oxygen atoms in total. The van der Waals surface area contributed by atoms with Gasteiger partial charge in [-0.3, -0.25) is 4.79 Å². The van der Waals surface area contributed by atoms with E-state index in [0.29, 0.717) is 31.2 Å². The lowest BCUT2D eigenvalue weighted by atomic mass is 10.1. The minimum Gasteiger partial charge on any atom is -0.493 e. The molecule has 1 unspecified atom stereocenters. The smallest absolute Gasteiger partial charge is 0.221 e. The standard InChI is InChI=1S/C17H28N2O3/c1-12(2)11-22-15-7-6-14(10-16(15)21-5)13(3)19-17(20)8-9-18-4/h6-7,10,12-13,18H,8-9,11H2,1-5H3,(H,19,20). The van der Waals surface area contributed by atoms with Gasteiger partial charge < -0.3 is 20.1 Å². The topological polar surface area (TPSA) is 59.6 Å². The molecule has 1 rings (SSSR count). The van der Waals surface area contributed by atoms with Crippen molar-refractivity contribution in [1.82, 2.24) is 10.6 Å². The molecule has 0 spiro atoms. The molecule has 1 aromatic carbocycles. The van der Waals surface area contributed by atoms with Gasteiger partial charge in [-0.05, 0) is 37.6 Å². The van der Waals surface area contributed by atoms with Crippen molar-refractivity contribution < 1.29 is 14.3 Å². The SMILES string of the molecule is CNCCC(=O)NC(C)c1ccc(OCC(C)C)c(OC)c1. The van der Waals surface area contributed by atoms with E-state index in [9.17, 15) is 4.79 Å². The molecule has 22 heavy (non-hydrogen) atoms. The maximum absolute atomic E-state index is 11.8. The Labute approximate surface area is 133 Å². The van der Waals surface area contributed by atoms with Crippen molar-refractivity contribution in [3.8, 4) is 11.5 Å². The third-order valence-electron chi connectivity index (χ3n) is 3.24. The quantitative estimate of drug-likeness (QED) is 0.736. The number of carbonyl (C=O) groups is 1.